The molecule has 2 amide bonds. The molecule has 1 aromatic carbocycles. The van der Waals surface area contributed by atoms with Crippen LogP contribution >= 0.6 is 0 Å². The molecule has 1 spiro atoms. The maximum atomic E-state index is 13.2. The highest BCUT2D eigenvalue weighted by Crippen LogP contribution is 2.40. The summed E-state index contributed by atoms with van der Waals surface area (Å²) in [5.74, 6) is -0.343. The summed E-state index contributed by atoms with van der Waals surface area (Å²) in [6, 6.07) is 12.4. The van der Waals surface area contributed by atoms with E-state index < -0.39 is 12.2 Å². The first-order valence-electron chi connectivity index (χ1n) is 11.9. The predicted octanol–water partition coefficient (Wildman–Crippen LogP) is 3.16. The maximum absolute atomic E-state index is 13.2. The smallest absolute Gasteiger partial charge is 0.387 e. The summed E-state index contributed by atoms with van der Waals surface area (Å²) in [7, 11) is 1.60. The standard InChI is InChI=1S/C25H28F2N6O4/c1-35-14-19(16-5-3-2-4-6-16)30-24(34)32-8-7-25(15-32)21-12-18(31-33(21)9-10-36-25)17-11-20(37-23(26)27)22(28)29-13-17/h2-6,11-13,19,23H,7-10,14-15H2,1H3,(H2,28,29)(H,30,34)/t19-,25?/m1/s1. The first-order chi connectivity index (χ1) is 17.9. The van der Waals surface area contributed by atoms with E-state index in [0.29, 0.717) is 50.5 Å². The number of pyridine rings is 1. The van der Waals surface area contributed by atoms with Gasteiger partial charge in [-0.05, 0) is 17.7 Å². The van der Waals surface area contributed by atoms with Gasteiger partial charge in [0.05, 0.1) is 43.7 Å². The Morgan fingerprint density at radius 2 is 2.08 bits per heavy atom. The van der Waals surface area contributed by atoms with Gasteiger partial charge < -0.3 is 30.2 Å². The molecule has 3 N–H and O–H groups in total. The Bertz CT molecular complexity index is 1260. The molecule has 5 rings (SSSR count). The summed E-state index contributed by atoms with van der Waals surface area (Å²) < 4.78 is 43.4. The van der Waals surface area contributed by atoms with Gasteiger partial charge in [-0.1, -0.05) is 30.3 Å². The van der Waals surface area contributed by atoms with Crippen LogP contribution in [0.4, 0.5) is 19.4 Å². The van der Waals surface area contributed by atoms with Crippen molar-refractivity contribution in [2.45, 2.75) is 31.2 Å². The van der Waals surface area contributed by atoms with Crippen molar-refractivity contribution >= 4 is 11.8 Å². The second-order valence-corrected chi connectivity index (χ2v) is 9.01. The van der Waals surface area contributed by atoms with E-state index in [1.807, 2.05) is 41.1 Å². The number of amides is 2. The van der Waals surface area contributed by atoms with E-state index in [2.05, 4.69) is 20.1 Å². The number of nitrogen functional groups attached to an aromatic ring is 1. The number of carbonyl (C=O) groups excluding carboxylic acids is 1. The number of alkyl halides is 2. The van der Waals surface area contributed by atoms with E-state index in [1.165, 1.54) is 12.3 Å². The van der Waals surface area contributed by atoms with Crippen molar-refractivity contribution in [2.75, 3.05) is 39.1 Å². The number of ether oxygens (including phenoxy) is 3. The number of rotatable bonds is 7. The van der Waals surface area contributed by atoms with Crippen LogP contribution in [-0.4, -0.2) is 65.7 Å². The summed E-state index contributed by atoms with van der Waals surface area (Å²) in [5.41, 5.74) is 7.73. The number of likely N-dealkylation sites (tertiary alicyclic amines) is 1. The third kappa shape index (κ3) is 5.07. The largest absolute Gasteiger partial charge is 0.431 e. The molecule has 37 heavy (non-hydrogen) atoms. The molecule has 2 aliphatic heterocycles. The number of fused-ring (bicyclic) bond motifs is 2. The molecule has 2 aliphatic rings. The molecule has 12 heteroatoms. The highest BCUT2D eigenvalue weighted by molar-refractivity contribution is 5.75. The molecular weight excluding hydrogens is 486 g/mol. The highest BCUT2D eigenvalue weighted by Gasteiger charge is 2.47. The Labute approximate surface area is 212 Å². The molecule has 4 heterocycles. The van der Waals surface area contributed by atoms with Crippen LogP contribution in [-0.2, 0) is 21.6 Å². The minimum Gasteiger partial charge on any atom is -0.431 e. The first-order valence-corrected chi connectivity index (χ1v) is 11.9. The van der Waals surface area contributed by atoms with E-state index in [9.17, 15) is 13.6 Å². The van der Waals surface area contributed by atoms with Crippen LogP contribution in [0.5, 0.6) is 5.75 Å². The summed E-state index contributed by atoms with van der Waals surface area (Å²) in [4.78, 5) is 18.9. The fourth-order valence-corrected chi connectivity index (χ4v) is 4.88. The van der Waals surface area contributed by atoms with Crippen LogP contribution in [0.1, 0.15) is 23.7 Å². The summed E-state index contributed by atoms with van der Waals surface area (Å²) in [6.07, 6.45) is 2.05. The number of urea groups is 1. The normalized spacial score (nSPS) is 19.7. The lowest BCUT2D eigenvalue weighted by molar-refractivity contribution is -0.0702. The van der Waals surface area contributed by atoms with Crippen LogP contribution < -0.4 is 15.8 Å². The van der Waals surface area contributed by atoms with Crippen molar-refractivity contribution in [3.8, 4) is 17.0 Å². The number of methoxy groups -OCH3 is 1. The van der Waals surface area contributed by atoms with Crippen molar-refractivity contribution in [1.82, 2.24) is 25.0 Å². The number of benzene rings is 1. The molecule has 0 radical (unpaired) electrons. The summed E-state index contributed by atoms with van der Waals surface area (Å²) >= 11 is 0. The van der Waals surface area contributed by atoms with Crippen LogP contribution in [0.2, 0.25) is 0 Å². The van der Waals surface area contributed by atoms with Crippen LogP contribution in [0.15, 0.2) is 48.7 Å². The van der Waals surface area contributed by atoms with Gasteiger partial charge >= 0.3 is 12.6 Å². The molecule has 10 nitrogen and oxygen atoms in total. The van der Waals surface area contributed by atoms with Gasteiger partial charge in [0.1, 0.15) is 5.60 Å². The van der Waals surface area contributed by atoms with Crippen molar-refractivity contribution in [3.05, 3.63) is 59.9 Å². The quantitative estimate of drug-likeness (QED) is 0.498. The van der Waals surface area contributed by atoms with Crippen molar-refractivity contribution in [3.63, 3.8) is 0 Å². The number of halogens is 2. The van der Waals surface area contributed by atoms with Gasteiger partial charge in [-0.2, -0.15) is 13.9 Å². The molecule has 1 saturated heterocycles. The van der Waals surface area contributed by atoms with Gasteiger partial charge in [-0.15, -0.1) is 0 Å². The van der Waals surface area contributed by atoms with E-state index in [1.54, 1.807) is 12.0 Å². The Hall–Kier alpha value is -3.77. The van der Waals surface area contributed by atoms with Gasteiger partial charge in [-0.25, -0.2) is 9.78 Å². The highest BCUT2D eigenvalue weighted by atomic mass is 19.3. The van der Waals surface area contributed by atoms with Gasteiger partial charge in [0.2, 0.25) is 0 Å². The summed E-state index contributed by atoms with van der Waals surface area (Å²) in [6.45, 7) is -0.883. The molecular formula is C25H28F2N6O4. The second kappa shape index (κ2) is 10.3. The number of hydrogen-bond donors (Lipinski definition) is 2. The Kier molecular flexibility index (Phi) is 6.94. The average molecular weight is 515 g/mol. The Morgan fingerprint density at radius 1 is 1.27 bits per heavy atom. The molecule has 3 aromatic rings. The minimum atomic E-state index is -3.02. The second-order valence-electron chi connectivity index (χ2n) is 9.01. The average Bonchev–Trinajstić information content (AvgIpc) is 3.52. The zero-order valence-electron chi connectivity index (χ0n) is 20.3. The zero-order chi connectivity index (χ0) is 26.0. The minimum absolute atomic E-state index is 0.132. The number of anilines is 1. The molecule has 0 saturated carbocycles. The van der Waals surface area contributed by atoms with Gasteiger partial charge in [0, 0.05) is 31.8 Å². The topological polar surface area (TPSA) is 117 Å². The SMILES string of the molecule is COC[C@@H](NC(=O)N1CCC2(C1)OCCn1nc(-c3cnc(N)c(OC(F)F)c3)cc12)c1ccccc1. The van der Waals surface area contributed by atoms with E-state index in [4.69, 9.17) is 15.2 Å². The fourth-order valence-electron chi connectivity index (χ4n) is 4.88. The van der Waals surface area contributed by atoms with Crippen molar-refractivity contribution < 1.29 is 27.8 Å². The van der Waals surface area contributed by atoms with Crippen LogP contribution in [0.3, 0.4) is 0 Å². The fraction of sp³-hybridized carbons (Fsp3) is 0.400. The maximum Gasteiger partial charge on any atom is 0.387 e. The predicted molar refractivity (Wildman–Crippen MR) is 130 cm³/mol. The van der Waals surface area contributed by atoms with Crippen LogP contribution in [0, 0.1) is 0 Å². The van der Waals surface area contributed by atoms with Crippen molar-refractivity contribution in [2.24, 2.45) is 0 Å². The number of nitrogens with zero attached hydrogens (tertiary/aromatic N) is 4. The Morgan fingerprint density at radius 3 is 2.84 bits per heavy atom. The molecule has 196 valence electrons. The zero-order valence-corrected chi connectivity index (χ0v) is 20.3. The van der Waals surface area contributed by atoms with Crippen LogP contribution in [0.25, 0.3) is 11.3 Å². The number of hydrogen-bond acceptors (Lipinski definition) is 7. The lowest BCUT2D eigenvalue weighted by Crippen LogP contribution is -2.45. The molecule has 0 bridgehead atoms. The summed E-state index contributed by atoms with van der Waals surface area (Å²) in [5, 5.41) is 7.72. The lowest BCUT2D eigenvalue weighted by atomic mass is 9.96. The molecule has 2 aromatic heterocycles. The molecule has 1 fully saturated rings. The van der Waals surface area contributed by atoms with E-state index in [-0.39, 0.29) is 23.6 Å². The van der Waals surface area contributed by atoms with Crippen molar-refractivity contribution in [1.29, 1.82) is 0 Å². The Balaban J connectivity index is 1.35. The monoisotopic (exact) mass is 514 g/mol. The van der Waals surface area contributed by atoms with E-state index >= 15 is 0 Å². The van der Waals surface area contributed by atoms with E-state index in [0.717, 1.165) is 11.3 Å². The third-order valence-electron chi connectivity index (χ3n) is 6.67. The molecule has 2 atom stereocenters. The lowest BCUT2D eigenvalue weighted by Gasteiger charge is -2.34. The van der Waals surface area contributed by atoms with Gasteiger partial charge in [0.15, 0.2) is 11.6 Å². The number of nitrogens with one attached hydrogen (secondary N) is 1. The number of nitrogens with two attached hydrogens (primary N) is 1. The first kappa shape index (κ1) is 24.9. The molecule has 0 aliphatic carbocycles. The molecule has 1 unspecified atom stereocenters. The number of aromatic nitrogens is 3. The third-order valence-corrected chi connectivity index (χ3v) is 6.67. The van der Waals surface area contributed by atoms with Gasteiger partial charge in [-0.3, -0.25) is 4.68 Å². The number of carbonyl (C=O) groups is 1. The van der Waals surface area contributed by atoms with Gasteiger partial charge in [0.25, 0.3) is 0 Å².